The van der Waals surface area contributed by atoms with Crippen molar-refractivity contribution in [2.75, 3.05) is 18.1 Å². The molecule has 0 bridgehead atoms. The zero-order chi connectivity index (χ0) is 18.8. The SMILES string of the molecule is CSc1ccc(NC(=O)C(C)N2CCCC2c2nc3ccccc3s2)cc1. The molecule has 1 aromatic heterocycles. The number of amides is 1. The van der Waals surface area contributed by atoms with Crippen molar-refractivity contribution in [3.05, 3.63) is 53.5 Å². The van der Waals surface area contributed by atoms with Crippen LogP contribution < -0.4 is 5.32 Å². The van der Waals surface area contributed by atoms with Crippen molar-refractivity contribution >= 4 is 44.9 Å². The molecule has 1 aliphatic heterocycles. The van der Waals surface area contributed by atoms with E-state index in [1.165, 1.54) is 9.60 Å². The third-order valence-electron chi connectivity index (χ3n) is 5.12. The minimum Gasteiger partial charge on any atom is -0.325 e. The molecule has 2 aromatic carbocycles. The van der Waals surface area contributed by atoms with Crippen LogP contribution in [-0.2, 0) is 4.79 Å². The van der Waals surface area contributed by atoms with E-state index in [9.17, 15) is 4.79 Å². The smallest absolute Gasteiger partial charge is 0.241 e. The molecule has 0 saturated carbocycles. The third-order valence-corrected chi connectivity index (χ3v) is 7.01. The molecular weight excluding hydrogens is 374 g/mol. The van der Waals surface area contributed by atoms with Crippen molar-refractivity contribution in [3.8, 4) is 0 Å². The average Bonchev–Trinajstić information content (AvgIpc) is 3.34. The predicted molar refractivity (Wildman–Crippen MR) is 115 cm³/mol. The van der Waals surface area contributed by atoms with Gasteiger partial charge in [0.15, 0.2) is 0 Å². The van der Waals surface area contributed by atoms with E-state index in [0.29, 0.717) is 0 Å². The number of thioether (sulfide) groups is 1. The van der Waals surface area contributed by atoms with Gasteiger partial charge in [0, 0.05) is 10.6 Å². The highest BCUT2D eigenvalue weighted by atomic mass is 32.2. The Morgan fingerprint density at radius 1 is 1.26 bits per heavy atom. The summed E-state index contributed by atoms with van der Waals surface area (Å²) >= 11 is 3.44. The largest absolute Gasteiger partial charge is 0.325 e. The standard InChI is InChI=1S/C21H23N3OS2/c1-14(20(25)22-15-9-11-16(26-2)12-10-15)24-13-5-7-18(24)21-23-17-6-3-4-8-19(17)27-21/h3-4,6,8-12,14,18H,5,7,13H2,1-2H3,(H,22,25). The topological polar surface area (TPSA) is 45.2 Å². The van der Waals surface area contributed by atoms with E-state index < -0.39 is 0 Å². The number of carbonyl (C=O) groups excluding carboxylic acids is 1. The number of nitrogens with zero attached hydrogens (tertiary/aromatic N) is 2. The van der Waals surface area contributed by atoms with Crippen molar-refractivity contribution in [2.24, 2.45) is 0 Å². The summed E-state index contributed by atoms with van der Waals surface area (Å²) in [5.74, 6) is 0.0416. The molecule has 3 aromatic rings. The molecule has 2 atom stereocenters. The number of para-hydroxylation sites is 1. The van der Waals surface area contributed by atoms with E-state index in [2.05, 4.69) is 28.4 Å². The number of fused-ring (bicyclic) bond motifs is 1. The summed E-state index contributed by atoms with van der Waals surface area (Å²) in [4.78, 5) is 21.1. The minimum absolute atomic E-state index is 0.0416. The Kier molecular flexibility index (Phi) is 5.48. The van der Waals surface area contributed by atoms with Crippen LogP contribution in [0.15, 0.2) is 53.4 Å². The number of aromatic nitrogens is 1. The molecule has 0 aliphatic carbocycles. The van der Waals surface area contributed by atoms with Gasteiger partial charge in [0.05, 0.1) is 22.3 Å². The maximum absolute atomic E-state index is 12.8. The monoisotopic (exact) mass is 397 g/mol. The normalized spacial score (nSPS) is 18.7. The molecule has 2 unspecified atom stereocenters. The summed E-state index contributed by atoms with van der Waals surface area (Å²) in [7, 11) is 0. The van der Waals surface area contributed by atoms with E-state index in [0.717, 1.165) is 35.6 Å². The summed E-state index contributed by atoms with van der Waals surface area (Å²) in [6.07, 6.45) is 4.20. The van der Waals surface area contributed by atoms with Gasteiger partial charge in [0.2, 0.25) is 5.91 Å². The summed E-state index contributed by atoms with van der Waals surface area (Å²) in [6, 6.07) is 16.3. The second-order valence-corrected chi connectivity index (χ2v) is 8.75. The van der Waals surface area contributed by atoms with Crippen molar-refractivity contribution in [1.29, 1.82) is 0 Å². The predicted octanol–water partition coefficient (Wildman–Crippen LogP) is 5.18. The van der Waals surface area contributed by atoms with E-state index in [-0.39, 0.29) is 18.0 Å². The molecule has 1 amide bonds. The van der Waals surface area contributed by atoms with Gasteiger partial charge in [-0.25, -0.2) is 4.98 Å². The summed E-state index contributed by atoms with van der Waals surface area (Å²) in [5.41, 5.74) is 1.90. The number of nitrogens with one attached hydrogen (secondary N) is 1. The minimum atomic E-state index is -0.190. The molecule has 1 saturated heterocycles. The fourth-order valence-electron chi connectivity index (χ4n) is 3.62. The van der Waals surface area contributed by atoms with Gasteiger partial charge in [-0.1, -0.05) is 12.1 Å². The lowest BCUT2D eigenvalue weighted by atomic mass is 10.2. The molecule has 2 heterocycles. The van der Waals surface area contributed by atoms with Crippen LogP contribution in [0.25, 0.3) is 10.2 Å². The van der Waals surface area contributed by atoms with Gasteiger partial charge in [-0.2, -0.15) is 0 Å². The van der Waals surface area contributed by atoms with E-state index in [4.69, 9.17) is 4.98 Å². The molecule has 4 nitrogen and oxygen atoms in total. The first-order chi connectivity index (χ1) is 13.2. The maximum atomic E-state index is 12.8. The van der Waals surface area contributed by atoms with Gasteiger partial charge in [-0.05, 0) is 69.0 Å². The quantitative estimate of drug-likeness (QED) is 0.602. The van der Waals surface area contributed by atoms with Crippen LogP contribution in [0, 0.1) is 0 Å². The number of rotatable bonds is 5. The highest BCUT2D eigenvalue weighted by Crippen LogP contribution is 2.37. The molecule has 140 valence electrons. The van der Waals surface area contributed by atoms with Crippen LogP contribution >= 0.6 is 23.1 Å². The Morgan fingerprint density at radius 2 is 2.04 bits per heavy atom. The summed E-state index contributed by atoms with van der Waals surface area (Å²) < 4.78 is 1.21. The van der Waals surface area contributed by atoms with E-state index in [1.807, 2.05) is 43.5 Å². The molecule has 0 radical (unpaired) electrons. The third kappa shape index (κ3) is 3.88. The van der Waals surface area contributed by atoms with E-state index in [1.54, 1.807) is 23.1 Å². The summed E-state index contributed by atoms with van der Waals surface area (Å²) in [5, 5.41) is 4.18. The van der Waals surface area contributed by atoms with Gasteiger partial charge in [0.1, 0.15) is 5.01 Å². The molecule has 0 spiro atoms. The van der Waals surface area contributed by atoms with Gasteiger partial charge < -0.3 is 5.32 Å². The number of hydrogen-bond donors (Lipinski definition) is 1. The second kappa shape index (κ2) is 8.00. The van der Waals surface area contributed by atoms with Gasteiger partial charge >= 0.3 is 0 Å². The van der Waals surface area contributed by atoms with Gasteiger partial charge in [0.25, 0.3) is 0 Å². The van der Waals surface area contributed by atoms with Crippen LogP contribution in [0.4, 0.5) is 5.69 Å². The lowest BCUT2D eigenvalue weighted by molar-refractivity contribution is -0.121. The molecule has 4 rings (SSSR count). The fourth-order valence-corrected chi connectivity index (χ4v) is 5.15. The molecule has 27 heavy (non-hydrogen) atoms. The van der Waals surface area contributed by atoms with Crippen LogP contribution in [0.5, 0.6) is 0 Å². The average molecular weight is 398 g/mol. The molecular formula is C21H23N3OS2. The number of benzene rings is 2. The van der Waals surface area contributed by atoms with Gasteiger partial charge in [-0.3, -0.25) is 9.69 Å². The lowest BCUT2D eigenvalue weighted by Gasteiger charge is -2.28. The Hall–Kier alpha value is -1.89. The number of carbonyl (C=O) groups is 1. The van der Waals surface area contributed by atoms with Crippen LogP contribution in [0.3, 0.4) is 0 Å². The van der Waals surface area contributed by atoms with Crippen molar-refractivity contribution in [2.45, 2.75) is 36.7 Å². The van der Waals surface area contributed by atoms with Crippen molar-refractivity contribution in [3.63, 3.8) is 0 Å². The Balaban J connectivity index is 1.49. The van der Waals surface area contributed by atoms with Crippen LogP contribution in [0.2, 0.25) is 0 Å². The molecule has 1 fully saturated rings. The van der Waals surface area contributed by atoms with Crippen molar-refractivity contribution < 1.29 is 4.79 Å². The number of likely N-dealkylation sites (tertiary alicyclic amines) is 1. The first-order valence-corrected chi connectivity index (χ1v) is 11.3. The Labute approximate surface area is 168 Å². The first-order valence-electron chi connectivity index (χ1n) is 9.22. The van der Waals surface area contributed by atoms with E-state index >= 15 is 0 Å². The Bertz CT molecular complexity index is 905. The van der Waals surface area contributed by atoms with Gasteiger partial charge in [-0.15, -0.1) is 23.1 Å². The number of anilines is 1. The lowest BCUT2D eigenvalue weighted by Crippen LogP contribution is -2.41. The maximum Gasteiger partial charge on any atom is 0.241 e. The molecule has 1 aliphatic rings. The highest BCUT2D eigenvalue weighted by molar-refractivity contribution is 7.98. The van der Waals surface area contributed by atoms with Crippen molar-refractivity contribution in [1.82, 2.24) is 9.88 Å². The first kappa shape index (κ1) is 18.5. The number of hydrogen-bond acceptors (Lipinski definition) is 5. The summed E-state index contributed by atoms with van der Waals surface area (Å²) in [6.45, 7) is 2.93. The zero-order valence-electron chi connectivity index (χ0n) is 15.5. The Morgan fingerprint density at radius 3 is 2.78 bits per heavy atom. The molecule has 1 N–H and O–H groups in total. The van der Waals surface area contributed by atoms with Crippen LogP contribution in [0.1, 0.15) is 30.8 Å². The second-order valence-electron chi connectivity index (χ2n) is 6.81. The van der Waals surface area contributed by atoms with Crippen LogP contribution in [-0.4, -0.2) is 34.6 Å². The fraction of sp³-hybridized carbons (Fsp3) is 0.333. The highest BCUT2D eigenvalue weighted by Gasteiger charge is 2.34. The zero-order valence-corrected chi connectivity index (χ0v) is 17.1. The number of thiazole rings is 1. The molecule has 6 heteroatoms.